The third-order valence-electron chi connectivity index (χ3n) is 11.4. The van der Waals surface area contributed by atoms with Crippen molar-refractivity contribution < 1.29 is 32.2 Å². The van der Waals surface area contributed by atoms with E-state index >= 15 is 4.39 Å². The lowest BCUT2D eigenvalue weighted by Gasteiger charge is -2.32. The zero-order valence-corrected chi connectivity index (χ0v) is 34.9. The molecule has 62 heavy (non-hydrogen) atoms. The Kier molecular flexibility index (Phi) is 10.7. The van der Waals surface area contributed by atoms with Crippen molar-refractivity contribution >= 4 is 55.8 Å². The molecule has 2 aliphatic rings. The number of amides is 3. The summed E-state index contributed by atoms with van der Waals surface area (Å²) in [6, 6.07) is 16.0. The van der Waals surface area contributed by atoms with Gasteiger partial charge in [-0.15, -0.1) is 5.10 Å². The van der Waals surface area contributed by atoms with Crippen LogP contribution in [0.2, 0.25) is 0 Å². The molecule has 0 spiro atoms. The Balaban J connectivity index is 0.840. The van der Waals surface area contributed by atoms with Gasteiger partial charge >= 0.3 is 6.03 Å². The normalized spacial score (nSPS) is 16.0. The minimum absolute atomic E-state index is 0.0420. The molecule has 2 fully saturated rings. The number of piperidine rings is 1. The van der Waals surface area contributed by atoms with Crippen molar-refractivity contribution in [2.24, 2.45) is 7.05 Å². The average molecular weight is 863 g/mol. The molecule has 1 atom stereocenters. The molecule has 18 nitrogen and oxygen atoms in total. The number of benzene rings is 3. The van der Waals surface area contributed by atoms with Crippen molar-refractivity contribution in [2.75, 3.05) is 36.5 Å². The third-order valence-corrected chi connectivity index (χ3v) is 13.1. The first kappa shape index (κ1) is 40.6. The maximum absolute atomic E-state index is 15.6. The standard InChI is InChI=1S/C42H43FN12O6S/c1-4-61-25(2)54-23-29(21-45-54)37-38(57)40-48-41(50-55(40)24-44-37)46-34-11-9-31(20-33(34)43)62(59,60)30-7-5-6-26(18-30)22-52-15-12-27(13-16-52)28-8-10-32-35(19-28)51(3)49-39(32)53-17-14-36(56)47-42(53)58/h5-11,18-21,23-25,27,57H,4,12-17,22H2,1-3H3,(H,46,50)(H,47,56,58). The highest BCUT2D eigenvalue weighted by Crippen LogP contribution is 2.35. The van der Waals surface area contributed by atoms with Crippen LogP contribution in [0.5, 0.6) is 5.75 Å². The lowest BCUT2D eigenvalue weighted by Crippen LogP contribution is -2.49. The van der Waals surface area contributed by atoms with Crippen molar-refractivity contribution in [3.8, 4) is 17.0 Å². The molecule has 9 rings (SSSR count). The van der Waals surface area contributed by atoms with E-state index in [9.17, 15) is 23.1 Å². The predicted molar refractivity (Wildman–Crippen MR) is 225 cm³/mol. The molecule has 3 aromatic carbocycles. The van der Waals surface area contributed by atoms with Crippen LogP contribution in [0.1, 0.15) is 56.4 Å². The van der Waals surface area contributed by atoms with Gasteiger partial charge in [0.05, 0.1) is 27.2 Å². The molecule has 3 N–H and O–H groups in total. The van der Waals surface area contributed by atoms with E-state index in [4.69, 9.17) is 4.74 Å². The van der Waals surface area contributed by atoms with E-state index in [-0.39, 0.29) is 63.6 Å². The fraction of sp³-hybridized carbons (Fsp3) is 0.310. The van der Waals surface area contributed by atoms with Crippen LogP contribution in [0.15, 0.2) is 89.2 Å². The van der Waals surface area contributed by atoms with Crippen LogP contribution < -0.4 is 15.5 Å². The zero-order valence-electron chi connectivity index (χ0n) is 34.1. The van der Waals surface area contributed by atoms with Crippen LogP contribution in [0.4, 0.5) is 26.6 Å². The lowest BCUT2D eigenvalue weighted by molar-refractivity contribution is -0.120. The topological polar surface area (TPSA) is 207 Å². The molecule has 320 valence electrons. The van der Waals surface area contributed by atoms with Crippen LogP contribution >= 0.6 is 0 Å². The molecule has 3 amide bonds. The van der Waals surface area contributed by atoms with E-state index in [1.54, 1.807) is 33.9 Å². The highest BCUT2D eigenvalue weighted by Gasteiger charge is 2.29. The molecule has 0 radical (unpaired) electrons. The second-order valence-corrected chi connectivity index (χ2v) is 17.3. The Morgan fingerprint density at radius 2 is 1.84 bits per heavy atom. The number of nitrogens with zero attached hydrogens (tertiary/aromatic N) is 10. The molecule has 1 unspecified atom stereocenters. The third kappa shape index (κ3) is 7.71. The molecule has 0 bridgehead atoms. The number of hydrogen-bond acceptors (Lipinski definition) is 13. The summed E-state index contributed by atoms with van der Waals surface area (Å²) in [4.78, 5) is 36.5. The number of carbonyl (C=O) groups excluding carboxylic acids is 2. The van der Waals surface area contributed by atoms with Crippen molar-refractivity contribution in [3.05, 3.63) is 96.3 Å². The number of ether oxygens (including phenoxy) is 1. The number of imide groups is 1. The summed E-state index contributed by atoms with van der Waals surface area (Å²) in [5, 5.41) is 30.1. The van der Waals surface area contributed by atoms with Crippen LogP contribution in [0.3, 0.4) is 0 Å². The van der Waals surface area contributed by atoms with Gasteiger partial charge in [-0.05, 0) is 99.3 Å². The minimum atomic E-state index is -4.08. The number of likely N-dealkylation sites (tertiary alicyclic amines) is 1. The quantitative estimate of drug-likeness (QED) is 0.135. The molecule has 2 saturated heterocycles. The number of aryl methyl sites for hydroxylation is 1. The fourth-order valence-electron chi connectivity index (χ4n) is 8.08. The molecule has 20 heteroatoms. The van der Waals surface area contributed by atoms with E-state index in [0.29, 0.717) is 30.5 Å². The van der Waals surface area contributed by atoms with E-state index in [0.717, 1.165) is 48.5 Å². The summed E-state index contributed by atoms with van der Waals surface area (Å²) >= 11 is 0. The number of sulfone groups is 1. The molecular weight excluding hydrogens is 820 g/mol. The second kappa shape index (κ2) is 16.3. The number of anilines is 3. The number of hydrogen-bond donors (Lipinski definition) is 3. The number of urea groups is 1. The fourth-order valence-corrected chi connectivity index (χ4v) is 9.42. The first-order valence-electron chi connectivity index (χ1n) is 20.2. The summed E-state index contributed by atoms with van der Waals surface area (Å²) in [6.07, 6.45) is 6.30. The Morgan fingerprint density at radius 1 is 1.03 bits per heavy atom. The number of fused-ring (bicyclic) bond motifs is 2. The van der Waals surface area contributed by atoms with E-state index in [2.05, 4.69) is 52.9 Å². The van der Waals surface area contributed by atoms with Gasteiger partial charge in [-0.2, -0.15) is 19.7 Å². The summed E-state index contributed by atoms with van der Waals surface area (Å²) in [5.74, 6) is -0.594. The summed E-state index contributed by atoms with van der Waals surface area (Å²) in [5.41, 5.74) is 3.66. The van der Waals surface area contributed by atoms with E-state index in [1.165, 1.54) is 39.5 Å². The van der Waals surface area contributed by atoms with Crippen LogP contribution in [-0.2, 0) is 33.0 Å². The molecule has 2 aliphatic heterocycles. The van der Waals surface area contributed by atoms with Crippen LogP contribution in [-0.4, -0.2) is 95.7 Å². The van der Waals surface area contributed by atoms with E-state index < -0.39 is 21.7 Å². The largest absolute Gasteiger partial charge is 0.503 e. The maximum Gasteiger partial charge on any atom is 0.329 e. The number of halogens is 1. The summed E-state index contributed by atoms with van der Waals surface area (Å²) in [6.45, 7) is 6.66. The van der Waals surface area contributed by atoms with Crippen molar-refractivity contribution in [1.82, 2.24) is 49.4 Å². The number of nitrogens with one attached hydrogen (secondary N) is 2. The molecule has 0 saturated carbocycles. The Bertz CT molecular complexity index is 2980. The maximum atomic E-state index is 15.6. The summed E-state index contributed by atoms with van der Waals surface area (Å²) < 4.78 is 53.3. The Hall–Kier alpha value is -6.77. The second-order valence-electron chi connectivity index (χ2n) is 15.4. The lowest BCUT2D eigenvalue weighted by atomic mass is 9.89. The van der Waals surface area contributed by atoms with E-state index in [1.807, 2.05) is 33.0 Å². The predicted octanol–water partition coefficient (Wildman–Crippen LogP) is 5.68. The van der Waals surface area contributed by atoms with Gasteiger partial charge in [-0.25, -0.2) is 27.3 Å². The highest BCUT2D eigenvalue weighted by atomic mass is 32.2. The Morgan fingerprint density at radius 3 is 2.61 bits per heavy atom. The highest BCUT2D eigenvalue weighted by molar-refractivity contribution is 7.91. The molecule has 6 heterocycles. The van der Waals surface area contributed by atoms with Gasteiger partial charge in [0.25, 0.3) is 0 Å². The Labute approximate surface area is 354 Å². The van der Waals surface area contributed by atoms with Crippen molar-refractivity contribution in [2.45, 2.75) is 61.6 Å². The molecule has 7 aromatic rings. The average Bonchev–Trinajstić information content (AvgIpc) is 4.00. The van der Waals surface area contributed by atoms with Gasteiger partial charge in [0.2, 0.25) is 27.3 Å². The van der Waals surface area contributed by atoms with Gasteiger partial charge in [0.15, 0.2) is 11.6 Å². The van der Waals surface area contributed by atoms with Gasteiger partial charge in [-0.3, -0.25) is 24.6 Å². The monoisotopic (exact) mass is 862 g/mol. The summed E-state index contributed by atoms with van der Waals surface area (Å²) in [7, 11) is -2.24. The van der Waals surface area contributed by atoms with Crippen LogP contribution in [0.25, 0.3) is 27.8 Å². The van der Waals surface area contributed by atoms with Crippen LogP contribution in [0, 0.1) is 5.82 Å². The SMILES string of the molecule is CCOC(C)n1cc(-c2ncn3nc(Nc4ccc(S(=O)(=O)c5cccc(CN6CCC(c7ccc8c(N9CCC(=O)NC9=O)nn(C)c8c7)CC6)c5)cc4F)nc3c2O)cn1. The molecular formula is C42H43FN12O6S. The number of rotatable bonds is 12. The van der Waals surface area contributed by atoms with Crippen molar-refractivity contribution in [3.63, 3.8) is 0 Å². The zero-order chi connectivity index (χ0) is 43.3. The first-order chi connectivity index (χ1) is 29.9. The van der Waals surface area contributed by atoms with Gasteiger partial charge in [0, 0.05) is 50.3 Å². The first-order valence-corrected chi connectivity index (χ1v) is 21.7. The van der Waals surface area contributed by atoms with Gasteiger partial charge < -0.3 is 15.2 Å². The number of carbonyl (C=O) groups is 2. The van der Waals surface area contributed by atoms with Gasteiger partial charge in [0.1, 0.15) is 24.1 Å². The minimum Gasteiger partial charge on any atom is -0.503 e. The van der Waals surface area contributed by atoms with Crippen molar-refractivity contribution in [1.29, 1.82) is 0 Å². The van der Waals surface area contributed by atoms with Gasteiger partial charge in [-0.1, -0.05) is 18.2 Å². The number of aromatic hydroxyl groups is 1. The number of aromatic nitrogens is 8. The smallest absolute Gasteiger partial charge is 0.329 e. The molecule has 4 aromatic heterocycles. The molecule has 0 aliphatic carbocycles.